The maximum Gasteiger partial charge on any atom is 0.426 e. The molecule has 1 aromatic heterocycles. The van der Waals surface area contributed by atoms with Crippen molar-refractivity contribution < 1.29 is 117 Å². The maximum absolute atomic E-state index is 15.0. The number of ketones is 3. The van der Waals surface area contributed by atoms with E-state index in [2.05, 4.69) is 37.0 Å². The minimum atomic E-state index is -1.75. The minimum absolute atomic E-state index is 0.00878. The Kier molecular flexibility index (Phi) is 45.2. The van der Waals surface area contributed by atoms with Gasteiger partial charge in [-0.15, -0.1) is 11.3 Å². The summed E-state index contributed by atoms with van der Waals surface area (Å²) in [6, 6.07) is 7.94. The average molecular weight is 1700 g/mol. The van der Waals surface area contributed by atoms with Crippen molar-refractivity contribution in [3.63, 3.8) is 0 Å². The summed E-state index contributed by atoms with van der Waals surface area (Å²) in [5.74, 6) is -17.2. The Morgan fingerprint density at radius 2 is 1.38 bits per heavy atom. The molecule has 2 aromatic carbocycles. The van der Waals surface area contributed by atoms with Gasteiger partial charge in [0.25, 0.3) is 5.91 Å². The number of aryl methyl sites for hydroxylation is 1. The molecule has 36 heteroatoms. The summed E-state index contributed by atoms with van der Waals surface area (Å²) >= 11 is 1.25. The monoisotopic (exact) mass is 1700 g/mol. The van der Waals surface area contributed by atoms with Crippen molar-refractivity contribution in [3.8, 4) is 5.75 Å². The van der Waals surface area contributed by atoms with Gasteiger partial charge < -0.3 is 66.3 Å². The number of carbonyl (C=O) groups excluding carboxylic acids is 11. The van der Waals surface area contributed by atoms with Crippen molar-refractivity contribution in [1.82, 2.24) is 46.9 Å². The molecule has 117 heavy (non-hydrogen) atoms. The highest BCUT2D eigenvalue weighted by Gasteiger charge is 2.40. The summed E-state index contributed by atoms with van der Waals surface area (Å²) in [6.45, 7) is 13.7. The number of phenolic OH excluding ortho intramolecular Hbond substituents is 1. The van der Waals surface area contributed by atoms with E-state index in [1.807, 2.05) is 48.6 Å². The number of carbonyl (C=O) groups is 16. The first-order valence-corrected chi connectivity index (χ1v) is 43.2. The molecule has 1 aliphatic heterocycles. The highest BCUT2D eigenvalue weighted by Crippen LogP contribution is 2.34. The lowest BCUT2D eigenvalue weighted by molar-refractivity contribution is -0.160. The van der Waals surface area contributed by atoms with Gasteiger partial charge in [-0.05, 0) is 125 Å². The molecule has 648 valence electrons. The van der Waals surface area contributed by atoms with Crippen LogP contribution in [-0.4, -0.2) is 215 Å². The second-order valence-electron chi connectivity index (χ2n) is 30.2. The molecule has 1 saturated heterocycles. The van der Waals surface area contributed by atoms with Crippen LogP contribution in [0.3, 0.4) is 0 Å². The predicted molar refractivity (Wildman–Crippen MR) is 435 cm³/mol. The van der Waals surface area contributed by atoms with E-state index >= 15 is 0 Å². The van der Waals surface area contributed by atoms with Crippen LogP contribution in [0.4, 0.5) is 4.79 Å². The zero-order chi connectivity index (χ0) is 86.8. The molecular weight excluding hydrogens is 1580 g/mol. The number of piperidine rings is 1. The lowest BCUT2D eigenvalue weighted by Crippen LogP contribution is -2.50. The summed E-state index contributed by atoms with van der Waals surface area (Å²) in [5.41, 5.74) is 6.34. The molecule has 1 unspecified atom stereocenters. The van der Waals surface area contributed by atoms with Gasteiger partial charge in [0.2, 0.25) is 29.5 Å². The van der Waals surface area contributed by atoms with Crippen LogP contribution >= 0.6 is 32.9 Å². The number of carboxylic acids is 5. The van der Waals surface area contributed by atoms with Gasteiger partial charge in [0.05, 0.1) is 48.2 Å². The van der Waals surface area contributed by atoms with E-state index in [1.165, 1.54) is 23.5 Å². The van der Waals surface area contributed by atoms with E-state index < -0.39 is 138 Å². The summed E-state index contributed by atoms with van der Waals surface area (Å²) in [5, 5.41) is 70.3. The minimum Gasteiger partial charge on any atom is -0.508 e. The van der Waals surface area contributed by atoms with Crippen LogP contribution < -0.4 is 32.1 Å². The number of likely N-dealkylation sites (tertiary alicyclic amines) is 1. The number of hydrogen-bond acceptors (Lipinski definition) is 24. The molecular formula is C81H117N9O24S3. The number of esters is 1. The fourth-order valence-corrected chi connectivity index (χ4v) is 16.3. The lowest BCUT2D eigenvalue weighted by atomic mass is 9.82. The highest BCUT2D eigenvalue weighted by atomic mass is 33.1. The molecule has 0 saturated carbocycles. The molecule has 2 heterocycles. The summed E-state index contributed by atoms with van der Waals surface area (Å²) in [4.78, 5) is 215. The van der Waals surface area contributed by atoms with E-state index in [4.69, 9.17) is 19.6 Å². The third kappa shape index (κ3) is 38.2. The Morgan fingerprint density at radius 3 is 2.03 bits per heavy atom. The van der Waals surface area contributed by atoms with Gasteiger partial charge in [0.15, 0.2) is 18.3 Å². The van der Waals surface area contributed by atoms with Gasteiger partial charge >= 0.3 is 41.9 Å². The van der Waals surface area contributed by atoms with Gasteiger partial charge in [0, 0.05) is 98.2 Å². The van der Waals surface area contributed by atoms with Crippen molar-refractivity contribution in [3.05, 3.63) is 81.3 Å². The van der Waals surface area contributed by atoms with E-state index in [1.54, 1.807) is 53.6 Å². The summed E-state index contributed by atoms with van der Waals surface area (Å²) in [7, 11) is 3.87. The fraction of sp³-hybridized carbons (Fsp3) is 0.617. The van der Waals surface area contributed by atoms with Gasteiger partial charge in [-0.25, -0.2) is 20.0 Å². The van der Waals surface area contributed by atoms with Crippen molar-refractivity contribution >= 4 is 128 Å². The second-order valence-corrected chi connectivity index (χ2v) is 33.7. The zero-order valence-electron chi connectivity index (χ0n) is 67.9. The van der Waals surface area contributed by atoms with Crippen molar-refractivity contribution in [2.45, 2.75) is 239 Å². The number of ether oxygens (including phenoxy) is 2. The van der Waals surface area contributed by atoms with Crippen molar-refractivity contribution in [1.29, 1.82) is 0 Å². The first-order chi connectivity index (χ1) is 55.5. The standard InChI is InChI=1S/C81H117N9O24S3/c1-9-18-73(103)114-47-90(78(107)60(49(5)10-2)43-67(94)64-23-14-16-32-89(64)8)65(48(3)4)36-51(7)77-86-62(45-115-77)76(106)83-57(38-53-25-28-58(91)29-26-53)35-50(6)74(104)87-88-81(112)113-33-34-116-117-46-63(80(110)111)85-75(105)56(42-71(99)100)41-66(93)61(44-72(101)102)84-69(96)39-54-20-17-19-52(37-54)27-30-68(95)82-31-15-13-21-55(79(108)109)40-59(92)22-11-12-24-70(97)98/h17,19-20,25-26,28-29,37,45,48-51,55-57,60-61,63-65,91H,9-16,18,21-24,27,30-36,38-44,46-47H2,1-8H3,(H,82,95)(H,83,106)(H,84,96)(H,85,105)(H,87,104)(H,88,112)(H,97,98)(H,99,100)(H,101,102)(H,108,109)(H,110,111)/t49?,50-,51+,55-,56-,57+,60-,61-,63-,64+,65+/m0/s1. The number of aromatic hydroxyl groups is 1. The number of likely N-dealkylation sites (N-methyl/N-ethyl adjacent to an activating group) is 1. The molecule has 0 radical (unpaired) electrons. The molecule has 1 fully saturated rings. The first kappa shape index (κ1) is 99.8. The van der Waals surface area contributed by atoms with Gasteiger partial charge in [0.1, 0.15) is 29.9 Å². The van der Waals surface area contributed by atoms with Crippen molar-refractivity contribution in [2.75, 3.05) is 45.0 Å². The Bertz CT molecular complexity index is 3820. The third-order valence-corrected chi connectivity index (χ3v) is 23.7. The molecule has 0 bridgehead atoms. The molecule has 1 aliphatic rings. The van der Waals surface area contributed by atoms with Crippen LogP contribution in [0.25, 0.3) is 0 Å². The van der Waals surface area contributed by atoms with Crippen LogP contribution in [0.2, 0.25) is 0 Å². The van der Waals surface area contributed by atoms with Crippen LogP contribution in [0.15, 0.2) is 53.9 Å². The number of phenols is 1. The smallest absolute Gasteiger partial charge is 0.426 e. The quantitative estimate of drug-likeness (QED) is 0.00828. The van der Waals surface area contributed by atoms with E-state index in [0.717, 1.165) is 47.4 Å². The number of unbranched alkanes of at least 4 members (excludes halogenated alkanes) is 2. The maximum atomic E-state index is 15.0. The number of aliphatic carboxylic acids is 5. The van der Waals surface area contributed by atoms with Crippen molar-refractivity contribution in [2.24, 2.45) is 35.5 Å². The second kappa shape index (κ2) is 53.0. The number of nitrogens with one attached hydrogen (secondary N) is 6. The highest BCUT2D eigenvalue weighted by molar-refractivity contribution is 8.76. The van der Waals surface area contributed by atoms with Gasteiger partial charge in [-0.3, -0.25) is 77.4 Å². The number of Topliss-reactive ketones (excluding diaryl/α,β-unsaturated/α-hetero) is 3. The normalized spacial score (nSPS) is 15.3. The number of amides is 7. The Labute approximate surface area is 693 Å². The molecule has 7 amide bonds. The number of nitrogens with zero attached hydrogens (tertiary/aromatic N) is 3. The van der Waals surface area contributed by atoms with Gasteiger partial charge in [-0.2, -0.15) is 0 Å². The number of hydrazine groups is 1. The number of thiazole rings is 1. The van der Waals surface area contributed by atoms with E-state index in [9.17, 15) is 102 Å². The number of benzene rings is 2. The Balaban J connectivity index is 1.27. The summed E-state index contributed by atoms with van der Waals surface area (Å²) < 4.78 is 10.9. The SMILES string of the molecule is CCCC(=O)OCN(C(=O)[C@@H](CC(=O)[C@H]1CCCCN1C)C(C)CC)[C@H](C[C@@H](C)c1nc(C(=O)N[C@@H](Cc2ccc(O)cc2)C[C@H](C)C(=O)NNC(=O)OCCSSC[C@H](NC(=O)[C@H](CC(=O)O)CC(=O)[C@H](CC(=O)O)NC(=O)Cc2cccc(CCC(=O)NCCCC[C@@H](CC(=O)CCCCC(=O)O)C(=O)O)c2)C(=O)O)cs1)C(C)C. The Morgan fingerprint density at radius 1 is 0.675 bits per heavy atom. The van der Waals surface area contributed by atoms with Crippen LogP contribution in [0.5, 0.6) is 5.75 Å². The molecule has 0 aliphatic carbocycles. The number of hydrogen-bond donors (Lipinski definition) is 12. The fourth-order valence-electron chi connectivity index (χ4n) is 13.4. The molecule has 11 atom stereocenters. The largest absolute Gasteiger partial charge is 0.508 e. The van der Waals surface area contributed by atoms with Gasteiger partial charge in [-0.1, -0.05) is 126 Å². The number of aromatic nitrogens is 1. The van der Waals surface area contributed by atoms with Crippen LogP contribution in [0, 0.1) is 35.5 Å². The summed E-state index contributed by atoms with van der Waals surface area (Å²) in [6.07, 6.45) is 2.20. The molecule has 12 N–H and O–H groups in total. The predicted octanol–water partition coefficient (Wildman–Crippen LogP) is 8.45. The zero-order valence-corrected chi connectivity index (χ0v) is 70.4. The average Bonchev–Trinajstić information content (AvgIpc) is 1.78. The third-order valence-electron chi connectivity index (χ3n) is 20.3. The van der Waals surface area contributed by atoms with Crippen LogP contribution in [-0.2, 0) is 95.9 Å². The number of rotatable bonds is 57. The molecule has 4 rings (SSSR count). The number of carboxylic acid groups (broad SMARTS) is 5. The van der Waals surface area contributed by atoms with Crippen LogP contribution in [0.1, 0.15) is 221 Å². The first-order valence-electron chi connectivity index (χ1n) is 39.8. The topological polar surface area (TPSA) is 505 Å². The van der Waals surface area contributed by atoms with E-state index in [0.29, 0.717) is 66.6 Å². The van der Waals surface area contributed by atoms with E-state index in [-0.39, 0.29) is 161 Å². The Hall–Kier alpha value is -9.55. The lowest BCUT2D eigenvalue weighted by Gasteiger charge is -2.39. The molecule has 0 spiro atoms. The molecule has 3 aromatic rings. The molecule has 33 nitrogen and oxygen atoms in total.